The summed E-state index contributed by atoms with van der Waals surface area (Å²) in [5, 5.41) is 6.73. The van der Waals surface area contributed by atoms with Gasteiger partial charge in [0.15, 0.2) is 11.5 Å². The van der Waals surface area contributed by atoms with Crippen LogP contribution in [-0.2, 0) is 0 Å². The van der Waals surface area contributed by atoms with E-state index in [9.17, 15) is 0 Å². The topological polar surface area (TPSA) is 76.4 Å². The van der Waals surface area contributed by atoms with Gasteiger partial charge in [-0.15, -0.1) is 0 Å². The first-order chi connectivity index (χ1) is 10.7. The summed E-state index contributed by atoms with van der Waals surface area (Å²) >= 11 is 0. The van der Waals surface area contributed by atoms with E-state index in [4.69, 9.17) is 15.2 Å². The highest BCUT2D eigenvalue weighted by atomic mass is 16.5. The van der Waals surface area contributed by atoms with Gasteiger partial charge in [-0.1, -0.05) is 12.1 Å². The van der Waals surface area contributed by atoms with Crippen LogP contribution in [0.5, 0.6) is 11.5 Å². The number of rotatable bonds is 4. The molecule has 0 bridgehead atoms. The molecule has 0 aliphatic carbocycles. The van der Waals surface area contributed by atoms with E-state index in [-0.39, 0.29) is 6.10 Å². The first-order valence-corrected chi connectivity index (χ1v) is 7.50. The van der Waals surface area contributed by atoms with Gasteiger partial charge in [0.2, 0.25) is 0 Å². The number of ether oxygens (including phenoxy) is 2. The molecule has 1 aliphatic heterocycles. The molecule has 0 atom stereocenters. The standard InChI is InChI=1S/C16H22N4O2/c1-20-8-6-11(7-9-20)22-14-5-3-4-12(15(14)21-2)13-10-18-19-16(13)17/h3-5,10-11H,6-9H2,1-2H3,(H3,17,18,19). The van der Waals surface area contributed by atoms with Crippen LogP contribution in [0.4, 0.5) is 5.82 Å². The van der Waals surface area contributed by atoms with Crippen LogP contribution in [0.25, 0.3) is 11.1 Å². The number of aromatic nitrogens is 2. The SMILES string of the molecule is COc1c(OC2CCN(C)CC2)cccc1-c1cn[nH]c1N. The van der Waals surface area contributed by atoms with Crippen LogP contribution in [0.15, 0.2) is 24.4 Å². The van der Waals surface area contributed by atoms with Crippen LogP contribution in [0.2, 0.25) is 0 Å². The molecular weight excluding hydrogens is 280 g/mol. The molecule has 1 aromatic heterocycles. The van der Waals surface area contributed by atoms with E-state index in [1.165, 1.54) is 0 Å². The third-order valence-corrected chi connectivity index (χ3v) is 4.10. The Morgan fingerprint density at radius 1 is 1.27 bits per heavy atom. The first-order valence-electron chi connectivity index (χ1n) is 7.50. The Morgan fingerprint density at radius 3 is 2.68 bits per heavy atom. The molecular formula is C16H22N4O2. The van der Waals surface area contributed by atoms with Crippen LogP contribution < -0.4 is 15.2 Å². The van der Waals surface area contributed by atoms with Gasteiger partial charge in [-0.05, 0) is 26.0 Å². The Labute approximate surface area is 130 Å². The molecule has 1 fully saturated rings. The number of likely N-dealkylation sites (tertiary alicyclic amines) is 1. The van der Waals surface area contributed by atoms with E-state index < -0.39 is 0 Å². The number of nitrogens with one attached hydrogen (secondary N) is 1. The van der Waals surface area contributed by atoms with E-state index >= 15 is 0 Å². The summed E-state index contributed by atoms with van der Waals surface area (Å²) < 4.78 is 11.8. The average molecular weight is 302 g/mol. The third kappa shape index (κ3) is 2.87. The highest BCUT2D eigenvalue weighted by Gasteiger charge is 2.21. The quantitative estimate of drug-likeness (QED) is 0.905. The van der Waals surface area contributed by atoms with E-state index in [0.29, 0.717) is 11.6 Å². The van der Waals surface area contributed by atoms with E-state index in [1.54, 1.807) is 13.3 Å². The number of nitrogens with two attached hydrogens (primary N) is 1. The van der Waals surface area contributed by atoms with Crippen molar-refractivity contribution >= 4 is 5.82 Å². The first kappa shape index (κ1) is 14.7. The normalized spacial score (nSPS) is 16.6. The van der Waals surface area contributed by atoms with Crippen LogP contribution in [0.3, 0.4) is 0 Å². The maximum absolute atomic E-state index is 6.18. The maximum Gasteiger partial charge on any atom is 0.168 e. The fourth-order valence-electron chi connectivity index (χ4n) is 2.82. The predicted molar refractivity (Wildman–Crippen MR) is 86.1 cm³/mol. The van der Waals surface area contributed by atoms with Gasteiger partial charge in [0, 0.05) is 24.2 Å². The molecule has 0 unspecified atom stereocenters. The van der Waals surface area contributed by atoms with Crippen molar-refractivity contribution in [2.45, 2.75) is 18.9 Å². The van der Waals surface area contributed by atoms with Crippen molar-refractivity contribution < 1.29 is 9.47 Å². The van der Waals surface area contributed by atoms with Crippen molar-refractivity contribution in [3.8, 4) is 22.6 Å². The largest absolute Gasteiger partial charge is 0.492 e. The van der Waals surface area contributed by atoms with E-state index in [0.717, 1.165) is 42.8 Å². The second kappa shape index (κ2) is 6.27. The number of para-hydroxylation sites is 1. The van der Waals surface area contributed by atoms with Crippen molar-refractivity contribution in [2.24, 2.45) is 0 Å². The number of nitrogen functional groups attached to an aromatic ring is 1. The number of nitrogens with zero attached hydrogens (tertiary/aromatic N) is 2. The van der Waals surface area contributed by atoms with Gasteiger partial charge in [-0.25, -0.2) is 0 Å². The second-order valence-electron chi connectivity index (χ2n) is 5.65. The monoisotopic (exact) mass is 302 g/mol. The second-order valence-corrected chi connectivity index (χ2v) is 5.65. The summed E-state index contributed by atoms with van der Waals surface area (Å²) in [7, 11) is 3.79. The predicted octanol–water partition coefficient (Wildman–Crippen LogP) is 2.14. The van der Waals surface area contributed by atoms with Crippen LogP contribution >= 0.6 is 0 Å². The third-order valence-electron chi connectivity index (χ3n) is 4.10. The minimum absolute atomic E-state index is 0.224. The molecule has 6 nitrogen and oxygen atoms in total. The molecule has 118 valence electrons. The zero-order chi connectivity index (χ0) is 15.5. The van der Waals surface area contributed by atoms with Crippen molar-refractivity contribution in [1.29, 1.82) is 0 Å². The Bertz CT molecular complexity index is 633. The molecule has 1 aromatic carbocycles. The number of H-pyrrole nitrogens is 1. The number of hydrogen-bond donors (Lipinski definition) is 2. The minimum Gasteiger partial charge on any atom is -0.492 e. The van der Waals surface area contributed by atoms with Gasteiger partial charge in [-0.3, -0.25) is 5.10 Å². The number of hydrogen-bond acceptors (Lipinski definition) is 5. The molecule has 3 rings (SSSR count). The van der Waals surface area contributed by atoms with E-state index in [2.05, 4.69) is 22.1 Å². The number of benzene rings is 1. The van der Waals surface area contributed by atoms with Crippen LogP contribution in [0, 0.1) is 0 Å². The number of anilines is 1. The van der Waals surface area contributed by atoms with Gasteiger partial charge in [0.1, 0.15) is 11.9 Å². The highest BCUT2D eigenvalue weighted by molar-refractivity contribution is 5.80. The molecule has 3 N–H and O–H groups in total. The molecule has 1 aliphatic rings. The highest BCUT2D eigenvalue weighted by Crippen LogP contribution is 2.40. The van der Waals surface area contributed by atoms with Crippen LogP contribution in [-0.4, -0.2) is 48.4 Å². The van der Waals surface area contributed by atoms with Gasteiger partial charge in [0.25, 0.3) is 0 Å². The van der Waals surface area contributed by atoms with Gasteiger partial charge in [-0.2, -0.15) is 5.10 Å². The summed E-state index contributed by atoms with van der Waals surface area (Å²) in [6.45, 7) is 2.11. The summed E-state index contributed by atoms with van der Waals surface area (Å²) in [6, 6.07) is 5.85. The fourth-order valence-corrected chi connectivity index (χ4v) is 2.82. The smallest absolute Gasteiger partial charge is 0.168 e. The molecule has 2 aromatic rings. The molecule has 2 heterocycles. The Morgan fingerprint density at radius 2 is 2.05 bits per heavy atom. The van der Waals surface area contributed by atoms with Crippen LogP contribution in [0.1, 0.15) is 12.8 Å². The summed E-state index contributed by atoms with van der Waals surface area (Å²) in [5.74, 6) is 1.99. The minimum atomic E-state index is 0.224. The van der Waals surface area contributed by atoms with Crippen molar-refractivity contribution in [3.63, 3.8) is 0 Å². The Kier molecular flexibility index (Phi) is 4.20. The van der Waals surface area contributed by atoms with Gasteiger partial charge in [0.05, 0.1) is 13.3 Å². The number of aromatic amines is 1. The molecule has 0 radical (unpaired) electrons. The maximum atomic E-state index is 6.18. The lowest BCUT2D eigenvalue weighted by molar-refractivity contribution is 0.111. The lowest BCUT2D eigenvalue weighted by Gasteiger charge is -2.30. The van der Waals surface area contributed by atoms with Gasteiger partial charge < -0.3 is 20.1 Å². The zero-order valence-corrected chi connectivity index (χ0v) is 13.0. The zero-order valence-electron chi connectivity index (χ0n) is 13.0. The van der Waals surface area contributed by atoms with Crippen molar-refractivity contribution in [2.75, 3.05) is 33.0 Å². The number of piperidine rings is 1. The molecule has 1 saturated heterocycles. The van der Waals surface area contributed by atoms with E-state index in [1.807, 2.05) is 18.2 Å². The van der Waals surface area contributed by atoms with Crippen molar-refractivity contribution in [1.82, 2.24) is 15.1 Å². The summed E-state index contributed by atoms with van der Waals surface area (Å²) in [4.78, 5) is 2.32. The molecule has 0 saturated carbocycles. The lowest BCUT2D eigenvalue weighted by atomic mass is 10.1. The van der Waals surface area contributed by atoms with Gasteiger partial charge >= 0.3 is 0 Å². The number of methoxy groups -OCH3 is 1. The molecule has 6 heteroatoms. The summed E-state index contributed by atoms with van der Waals surface area (Å²) in [6.07, 6.45) is 3.98. The molecule has 22 heavy (non-hydrogen) atoms. The van der Waals surface area contributed by atoms with Crippen molar-refractivity contribution in [3.05, 3.63) is 24.4 Å². The fraction of sp³-hybridized carbons (Fsp3) is 0.438. The molecule has 0 amide bonds. The molecule has 0 spiro atoms. The summed E-state index contributed by atoms with van der Waals surface area (Å²) in [5.41, 5.74) is 7.64. The Hall–Kier alpha value is -2.21. The average Bonchev–Trinajstić information content (AvgIpc) is 2.95. The lowest BCUT2D eigenvalue weighted by Crippen LogP contribution is -2.35. The Balaban J connectivity index is 1.87.